The molecule has 2 heterocycles. The maximum absolute atomic E-state index is 13.1. The maximum Gasteiger partial charge on any atom is 0.252 e. The van der Waals surface area contributed by atoms with Crippen LogP contribution in [0, 0.1) is 0 Å². The lowest BCUT2D eigenvalue weighted by molar-refractivity contribution is 0.0824. The van der Waals surface area contributed by atoms with E-state index in [9.17, 15) is 4.79 Å². The van der Waals surface area contributed by atoms with Crippen molar-refractivity contribution in [1.82, 2.24) is 20.4 Å². The molecule has 29 heavy (non-hydrogen) atoms. The number of aromatic nitrogens is 3. The van der Waals surface area contributed by atoms with Crippen molar-refractivity contribution in [2.24, 2.45) is 0 Å². The van der Waals surface area contributed by atoms with E-state index in [2.05, 4.69) is 20.4 Å². The minimum absolute atomic E-state index is 0.128. The molecule has 0 spiro atoms. The third-order valence-corrected chi connectivity index (χ3v) is 5.44. The third-order valence-electron chi connectivity index (χ3n) is 5.44. The Morgan fingerprint density at radius 1 is 1.14 bits per heavy atom. The van der Waals surface area contributed by atoms with Gasteiger partial charge in [-0.2, -0.15) is 4.98 Å². The van der Waals surface area contributed by atoms with Gasteiger partial charge in [0.1, 0.15) is 5.54 Å². The zero-order chi connectivity index (χ0) is 20.3. The quantitative estimate of drug-likeness (QED) is 0.712. The van der Waals surface area contributed by atoms with E-state index >= 15 is 0 Å². The second-order valence-corrected chi connectivity index (χ2v) is 7.71. The second-order valence-electron chi connectivity index (χ2n) is 7.71. The Bertz CT molecular complexity index is 978. The molecule has 0 saturated heterocycles. The van der Waals surface area contributed by atoms with Gasteiger partial charge in [-0.3, -0.25) is 9.78 Å². The fraction of sp³-hybridized carbons (Fsp3) is 0.364. The monoisotopic (exact) mass is 391 g/mol. The summed E-state index contributed by atoms with van der Waals surface area (Å²) in [6, 6.07) is 11.3. The summed E-state index contributed by atoms with van der Waals surface area (Å²) in [6.45, 7) is 0. The van der Waals surface area contributed by atoms with Crippen molar-refractivity contribution in [1.29, 1.82) is 0 Å². The number of nitrogens with zero attached hydrogens (tertiary/aromatic N) is 4. The van der Waals surface area contributed by atoms with Crippen LogP contribution in [-0.4, -0.2) is 35.1 Å². The summed E-state index contributed by atoms with van der Waals surface area (Å²) >= 11 is 0. The zero-order valence-corrected chi connectivity index (χ0v) is 16.8. The average molecular weight is 391 g/mol. The molecule has 7 heteroatoms. The van der Waals surface area contributed by atoms with Gasteiger partial charge in [0.15, 0.2) is 0 Å². The summed E-state index contributed by atoms with van der Waals surface area (Å²) < 4.78 is 5.65. The molecule has 7 nitrogen and oxygen atoms in total. The Hall–Kier alpha value is -3.22. The molecule has 1 fully saturated rings. The van der Waals surface area contributed by atoms with Crippen LogP contribution < -0.4 is 10.2 Å². The van der Waals surface area contributed by atoms with Crippen LogP contribution in [0.1, 0.15) is 48.4 Å². The fourth-order valence-corrected chi connectivity index (χ4v) is 3.79. The van der Waals surface area contributed by atoms with Gasteiger partial charge in [0.05, 0.1) is 0 Å². The second kappa shape index (κ2) is 8.03. The van der Waals surface area contributed by atoms with Crippen LogP contribution >= 0.6 is 0 Å². The summed E-state index contributed by atoms with van der Waals surface area (Å²) in [7, 11) is 3.91. The van der Waals surface area contributed by atoms with E-state index in [1.165, 1.54) is 0 Å². The number of carbonyl (C=O) groups is 1. The minimum Gasteiger partial charge on any atom is -0.378 e. The molecule has 0 unspecified atom stereocenters. The first-order valence-corrected chi connectivity index (χ1v) is 9.92. The number of anilines is 1. The Kier molecular flexibility index (Phi) is 5.29. The van der Waals surface area contributed by atoms with Crippen LogP contribution in [0.4, 0.5) is 5.69 Å². The Morgan fingerprint density at radius 3 is 2.69 bits per heavy atom. The number of pyridine rings is 1. The van der Waals surface area contributed by atoms with Crippen molar-refractivity contribution in [2.45, 2.75) is 37.6 Å². The summed E-state index contributed by atoms with van der Waals surface area (Å²) in [5, 5.41) is 7.37. The predicted octanol–water partition coefficient (Wildman–Crippen LogP) is 3.79. The van der Waals surface area contributed by atoms with Crippen LogP contribution in [0.25, 0.3) is 11.4 Å². The van der Waals surface area contributed by atoms with Crippen LogP contribution in [0.15, 0.2) is 53.3 Å². The number of rotatable bonds is 5. The summed E-state index contributed by atoms with van der Waals surface area (Å²) in [4.78, 5) is 23.8. The zero-order valence-electron chi connectivity index (χ0n) is 16.8. The van der Waals surface area contributed by atoms with E-state index in [0.29, 0.717) is 17.3 Å². The molecule has 1 aliphatic carbocycles. The molecule has 2 aromatic heterocycles. The Morgan fingerprint density at radius 2 is 1.97 bits per heavy atom. The average Bonchev–Trinajstić information content (AvgIpc) is 3.26. The normalized spacial score (nSPS) is 15.7. The summed E-state index contributed by atoms with van der Waals surface area (Å²) in [5.74, 6) is 0.826. The number of hydrogen-bond acceptors (Lipinski definition) is 6. The van der Waals surface area contributed by atoms with Crippen LogP contribution in [-0.2, 0) is 5.54 Å². The van der Waals surface area contributed by atoms with Gasteiger partial charge in [0.2, 0.25) is 5.82 Å². The molecule has 1 aromatic carbocycles. The van der Waals surface area contributed by atoms with E-state index in [1.807, 2.05) is 55.4 Å². The maximum atomic E-state index is 13.1. The molecule has 0 atom stereocenters. The number of carbonyl (C=O) groups excluding carboxylic acids is 1. The van der Waals surface area contributed by atoms with Gasteiger partial charge >= 0.3 is 0 Å². The van der Waals surface area contributed by atoms with E-state index in [-0.39, 0.29) is 5.91 Å². The minimum atomic E-state index is -0.642. The number of nitrogens with one attached hydrogen (secondary N) is 1. The first-order chi connectivity index (χ1) is 14.1. The van der Waals surface area contributed by atoms with E-state index in [0.717, 1.165) is 43.4 Å². The third kappa shape index (κ3) is 3.99. The van der Waals surface area contributed by atoms with Crippen molar-refractivity contribution in [3.8, 4) is 11.4 Å². The Labute approximate surface area is 170 Å². The van der Waals surface area contributed by atoms with E-state index < -0.39 is 5.54 Å². The van der Waals surface area contributed by atoms with Crippen molar-refractivity contribution in [3.05, 3.63) is 60.2 Å². The van der Waals surface area contributed by atoms with Gasteiger partial charge in [-0.25, -0.2) is 0 Å². The van der Waals surface area contributed by atoms with Crippen molar-refractivity contribution in [3.63, 3.8) is 0 Å². The first kappa shape index (κ1) is 19.1. The largest absolute Gasteiger partial charge is 0.378 e. The van der Waals surface area contributed by atoms with Gasteiger partial charge in [-0.05, 0) is 43.2 Å². The highest BCUT2D eigenvalue weighted by Gasteiger charge is 2.41. The van der Waals surface area contributed by atoms with Gasteiger partial charge in [-0.15, -0.1) is 0 Å². The SMILES string of the molecule is CN(C)c1cccc(C(=O)NC2(c3nc(-c4cccnc4)no3)CCCCC2)c1. The highest BCUT2D eigenvalue weighted by Crippen LogP contribution is 2.37. The van der Waals surface area contributed by atoms with Gasteiger partial charge in [-0.1, -0.05) is 30.5 Å². The van der Waals surface area contributed by atoms with Crippen LogP contribution in [0.2, 0.25) is 0 Å². The lowest BCUT2D eigenvalue weighted by Gasteiger charge is -2.34. The van der Waals surface area contributed by atoms with Gasteiger partial charge in [0, 0.05) is 43.3 Å². The van der Waals surface area contributed by atoms with Gasteiger partial charge in [0.25, 0.3) is 11.8 Å². The van der Waals surface area contributed by atoms with Crippen LogP contribution in [0.3, 0.4) is 0 Å². The molecule has 0 aliphatic heterocycles. The highest BCUT2D eigenvalue weighted by atomic mass is 16.5. The van der Waals surface area contributed by atoms with Crippen molar-refractivity contribution in [2.75, 3.05) is 19.0 Å². The van der Waals surface area contributed by atoms with Crippen LogP contribution in [0.5, 0.6) is 0 Å². The molecule has 0 bridgehead atoms. The summed E-state index contributed by atoms with van der Waals surface area (Å²) in [5.41, 5.74) is 1.75. The lowest BCUT2D eigenvalue weighted by Crippen LogP contribution is -2.47. The number of hydrogen-bond donors (Lipinski definition) is 1. The molecular weight excluding hydrogens is 366 g/mol. The standard InChI is InChI=1S/C22H25N5O2/c1-27(2)18-10-6-8-16(14-18)20(28)25-22(11-4-3-5-12-22)21-24-19(26-29-21)17-9-7-13-23-15-17/h6-10,13-15H,3-5,11-12H2,1-2H3,(H,25,28). The van der Waals surface area contributed by atoms with E-state index in [1.54, 1.807) is 12.4 Å². The van der Waals surface area contributed by atoms with Crippen molar-refractivity contribution >= 4 is 11.6 Å². The topological polar surface area (TPSA) is 84.2 Å². The molecular formula is C22H25N5O2. The predicted molar refractivity (Wildman–Crippen MR) is 111 cm³/mol. The highest BCUT2D eigenvalue weighted by molar-refractivity contribution is 5.95. The smallest absolute Gasteiger partial charge is 0.252 e. The molecule has 1 N–H and O–H groups in total. The first-order valence-electron chi connectivity index (χ1n) is 9.92. The molecule has 1 saturated carbocycles. The molecule has 150 valence electrons. The molecule has 1 amide bonds. The van der Waals surface area contributed by atoms with Crippen molar-refractivity contribution < 1.29 is 9.32 Å². The lowest BCUT2D eigenvalue weighted by atomic mass is 9.81. The number of benzene rings is 1. The molecule has 4 rings (SSSR count). The summed E-state index contributed by atoms with van der Waals surface area (Å²) in [6.07, 6.45) is 8.10. The Balaban J connectivity index is 1.63. The fourth-order valence-electron chi connectivity index (χ4n) is 3.79. The molecule has 3 aromatic rings. The molecule has 1 aliphatic rings. The van der Waals surface area contributed by atoms with Gasteiger partial charge < -0.3 is 14.7 Å². The van der Waals surface area contributed by atoms with E-state index in [4.69, 9.17) is 4.52 Å². The molecule has 0 radical (unpaired) electrons. The number of amides is 1.